The summed E-state index contributed by atoms with van der Waals surface area (Å²) < 4.78 is 0. The van der Waals surface area contributed by atoms with E-state index in [0.29, 0.717) is 18.4 Å². The van der Waals surface area contributed by atoms with Gasteiger partial charge < -0.3 is 10.2 Å². The first kappa shape index (κ1) is 14.8. The zero-order valence-electron chi connectivity index (χ0n) is 12.8. The average Bonchev–Trinajstić information content (AvgIpc) is 2.85. The van der Waals surface area contributed by atoms with E-state index in [-0.39, 0.29) is 5.91 Å². The summed E-state index contributed by atoms with van der Waals surface area (Å²) in [6, 6.07) is 2.26. The summed E-state index contributed by atoms with van der Waals surface area (Å²) in [5.41, 5.74) is 0.977. The van der Waals surface area contributed by atoms with Crippen molar-refractivity contribution in [1.82, 2.24) is 14.9 Å². The second-order valence-corrected chi connectivity index (χ2v) is 5.73. The van der Waals surface area contributed by atoms with E-state index in [1.807, 2.05) is 24.8 Å². The molecular formula is C15H24N4O. The summed E-state index contributed by atoms with van der Waals surface area (Å²) in [7, 11) is 0. The number of nitrogens with zero attached hydrogens (tertiary/aromatic N) is 3. The quantitative estimate of drug-likeness (QED) is 0.917. The van der Waals surface area contributed by atoms with Crippen LogP contribution in [0.3, 0.4) is 0 Å². The lowest BCUT2D eigenvalue weighted by Gasteiger charge is -2.17. The highest BCUT2D eigenvalue weighted by molar-refractivity contribution is 5.76. The predicted octanol–water partition coefficient (Wildman–Crippen LogP) is 2.33. The molecule has 110 valence electrons. The molecule has 1 saturated heterocycles. The molecule has 0 aliphatic carbocycles. The van der Waals surface area contributed by atoms with Crippen molar-refractivity contribution in [2.75, 3.05) is 18.4 Å². The number of carbonyl (C=O) groups excluding carboxylic acids is 1. The predicted molar refractivity (Wildman–Crippen MR) is 79.8 cm³/mol. The maximum Gasteiger partial charge on any atom is 0.222 e. The van der Waals surface area contributed by atoms with Crippen LogP contribution in [0.15, 0.2) is 6.07 Å². The third kappa shape index (κ3) is 3.46. The van der Waals surface area contributed by atoms with Gasteiger partial charge in [-0.3, -0.25) is 4.79 Å². The summed E-state index contributed by atoms with van der Waals surface area (Å²) in [5.74, 6) is 2.29. The van der Waals surface area contributed by atoms with E-state index in [0.717, 1.165) is 36.8 Å². The van der Waals surface area contributed by atoms with Gasteiger partial charge in [0.1, 0.15) is 11.6 Å². The molecule has 0 aromatic carbocycles. The van der Waals surface area contributed by atoms with Crippen molar-refractivity contribution >= 4 is 11.7 Å². The summed E-state index contributed by atoms with van der Waals surface area (Å²) in [4.78, 5) is 22.6. The van der Waals surface area contributed by atoms with Crippen LogP contribution >= 0.6 is 0 Å². The first-order valence-corrected chi connectivity index (χ1v) is 7.39. The van der Waals surface area contributed by atoms with Crippen LogP contribution in [0, 0.1) is 6.92 Å². The van der Waals surface area contributed by atoms with Gasteiger partial charge in [0.05, 0.1) is 0 Å². The number of amides is 1. The van der Waals surface area contributed by atoms with Crippen molar-refractivity contribution in [3.8, 4) is 0 Å². The summed E-state index contributed by atoms with van der Waals surface area (Å²) in [6.07, 6.45) is 1.56. The molecule has 1 fully saturated rings. The zero-order chi connectivity index (χ0) is 14.7. The molecule has 5 nitrogen and oxygen atoms in total. The van der Waals surface area contributed by atoms with Gasteiger partial charge in [0.25, 0.3) is 0 Å². The minimum Gasteiger partial charge on any atom is -0.365 e. The Morgan fingerprint density at radius 3 is 2.90 bits per heavy atom. The number of aryl methyl sites for hydroxylation is 1. The number of carbonyl (C=O) groups is 1. The van der Waals surface area contributed by atoms with Crippen molar-refractivity contribution in [1.29, 1.82) is 0 Å². The monoisotopic (exact) mass is 276 g/mol. The standard InChI is InChI=1S/C15H24N4O/c1-5-14(20)19-7-6-12(9-19)17-13-8-11(4)16-15(18-13)10(2)3/h8,10,12H,5-7,9H2,1-4H3,(H,16,17,18). The van der Waals surface area contributed by atoms with Crippen molar-refractivity contribution < 1.29 is 4.79 Å². The van der Waals surface area contributed by atoms with Crippen LogP contribution in [0.25, 0.3) is 0 Å². The highest BCUT2D eigenvalue weighted by Crippen LogP contribution is 2.18. The number of hydrogen-bond acceptors (Lipinski definition) is 4. The third-order valence-corrected chi connectivity index (χ3v) is 3.58. The maximum absolute atomic E-state index is 11.7. The molecule has 0 spiro atoms. The molecule has 1 aliphatic rings. The third-order valence-electron chi connectivity index (χ3n) is 3.58. The van der Waals surface area contributed by atoms with Crippen molar-refractivity contribution in [3.63, 3.8) is 0 Å². The topological polar surface area (TPSA) is 58.1 Å². The Bertz CT molecular complexity index is 487. The number of hydrogen-bond donors (Lipinski definition) is 1. The van der Waals surface area contributed by atoms with Gasteiger partial charge in [-0.05, 0) is 13.3 Å². The van der Waals surface area contributed by atoms with Gasteiger partial charge in [0.2, 0.25) is 5.91 Å². The SMILES string of the molecule is CCC(=O)N1CCC(Nc2cc(C)nc(C(C)C)n2)C1. The molecule has 1 aromatic heterocycles. The fourth-order valence-electron chi connectivity index (χ4n) is 2.46. The van der Waals surface area contributed by atoms with Crippen LogP contribution in [0.1, 0.15) is 51.0 Å². The molecule has 2 rings (SSSR count). The van der Waals surface area contributed by atoms with Crippen LogP contribution < -0.4 is 5.32 Å². The Kier molecular flexibility index (Phi) is 4.57. The Balaban J connectivity index is 2.02. The summed E-state index contributed by atoms with van der Waals surface area (Å²) in [6.45, 7) is 9.69. The molecule has 0 saturated carbocycles. The number of rotatable bonds is 4. The number of likely N-dealkylation sites (tertiary alicyclic amines) is 1. The molecule has 1 amide bonds. The Labute approximate surface area is 120 Å². The summed E-state index contributed by atoms with van der Waals surface area (Å²) in [5, 5.41) is 3.44. The maximum atomic E-state index is 11.7. The Morgan fingerprint density at radius 1 is 1.50 bits per heavy atom. The number of aromatic nitrogens is 2. The lowest BCUT2D eigenvalue weighted by atomic mass is 10.2. The van der Waals surface area contributed by atoms with Gasteiger partial charge in [-0.2, -0.15) is 0 Å². The van der Waals surface area contributed by atoms with Gasteiger partial charge in [0.15, 0.2) is 0 Å². The minimum atomic E-state index is 0.232. The molecule has 20 heavy (non-hydrogen) atoms. The first-order chi connectivity index (χ1) is 9.49. The van der Waals surface area contributed by atoms with Gasteiger partial charge in [0, 0.05) is 43.2 Å². The van der Waals surface area contributed by atoms with Crippen LogP contribution in [-0.4, -0.2) is 39.9 Å². The van der Waals surface area contributed by atoms with Crippen LogP contribution in [0.2, 0.25) is 0 Å². The molecule has 1 aliphatic heterocycles. The molecule has 5 heteroatoms. The van der Waals surface area contributed by atoms with Crippen molar-refractivity contribution in [2.24, 2.45) is 0 Å². The summed E-state index contributed by atoms with van der Waals surface area (Å²) >= 11 is 0. The van der Waals surface area contributed by atoms with Crippen molar-refractivity contribution in [3.05, 3.63) is 17.6 Å². The van der Waals surface area contributed by atoms with E-state index >= 15 is 0 Å². The highest BCUT2D eigenvalue weighted by atomic mass is 16.2. The molecule has 1 aromatic rings. The van der Waals surface area contributed by atoms with Crippen molar-refractivity contribution in [2.45, 2.75) is 52.5 Å². The van der Waals surface area contributed by atoms with Gasteiger partial charge in [-0.15, -0.1) is 0 Å². The number of nitrogens with one attached hydrogen (secondary N) is 1. The second kappa shape index (κ2) is 6.20. The molecule has 2 heterocycles. The van der Waals surface area contributed by atoms with Crippen LogP contribution in [0.5, 0.6) is 0 Å². The van der Waals surface area contributed by atoms with E-state index in [2.05, 4.69) is 29.1 Å². The lowest BCUT2D eigenvalue weighted by molar-refractivity contribution is -0.129. The Hall–Kier alpha value is -1.65. The first-order valence-electron chi connectivity index (χ1n) is 7.39. The second-order valence-electron chi connectivity index (χ2n) is 5.73. The molecule has 0 bridgehead atoms. The normalized spacial score (nSPS) is 18.6. The van der Waals surface area contributed by atoms with E-state index in [1.165, 1.54) is 0 Å². The molecular weight excluding hydrogens is 252 g/mol. The van der Waals surface area contributed by atoms with Gasteiger partial charge in [-0.25, -0.2) is 9.97 Å². The van der Waals surface area contributed by atoms with Crippen LogP contribution in [-0.2, 0) is 4.79 Å². The fraction of sp³-hybridized carbons (Fsp3) is 0.667. The lowest BCUT2D eigenvalue weighted by Crippen LogP contribution is -2.31. The smallest absolute Gasteiger partial charge is 0.222 e. The molecule has 1 unspecified atom stereocenters. The van der Waals surface area contributed by atoms with E-state index in [9.17, 15) is 4.79 Å². The van der Waals surface area contributed by atoms with E-state index in [1.54, 1.807) is 0 Å². The Morgan fingerprint density at radius 2 is 2.25 bits per heavy atom. The molecule has 1 N–H and O–H groups in total. The van der Waals surface area contributed by atoms with E-state index in [4.69, 9.17) is 0 Å². The largest absolute Gasteiger partial charge is 0.365 e. The fourth-order valence-corrected chi connectivity index (χ4v) is 2.46. The minimum absolute atomic E-state index is 0.232. The van der Waals surface area contributed by atoms with Gasteiger partial charge in [-0.1, -0.05) is 20.8 Å². The molecule has 1 atom stereocenters. The average molecular weight is 276 g/mol. The van der Waals surface area contributed by atoms with E-state index < -0.39 is 0 Å². The van der Waals surface area contributed by atoms with Gasteiger partial charge >= 0.3 is 0 Å². The zero-order valence-corrected chi connectivity index (χ0v) is 12.8. The number of anilines is 1. The highest BCUT2D eigenvalue weighted by Gasteiger charge is 2.25. The molecule has 0 radical (unpaired) electrons. The van der Waals surface area contributed by atoms with Crippen LogP contribution in [0.4, 0.5) is 5.82 Å².